The maximum absolute atomic E-state index is 12.8. The summed E-state index contributed by atoms with van der Waals surface area (Å²) in [6, 6.07) is 0. The highest BCUT2D eigenvalue weighted by Gasteiger charge is 2.24. The van der Waals surface area contributed by atoms with Crippen LogP contribution in [-0.4, -0.2) is 47.0 Å². The van der Waals surface area contributed by atoms with Gasteiger partial charge in [-0.05, 0) is 45.6 Å². The zero-order chi connectivity index (χ0) is 16.4. The molecule has 0 radical (unpaired) electrons. The van der Waals surface area contributed by atoms with Crippen molar-refractivity contribution in [3.63, 3.8) is 0 Å². The van der Waals surface area contributed by atoms with E-state index >= 15 is 0 Å². The number of thiophene rings is 1. The molecule has 0 aliphatic carbocycles. The lowest BCUT2D eigenvalue weighted by atomic mass is 10.1. The smallest absolute Gasteiger partial charge is 0.264 e. The zero-order valence-electron chi connectivity index (χ0n) is 14.1. The van der Waals surface area contributed by atoms with E-state index in [1.165, 1.54) is 30.6 Å². The molecule has 0 bridgehead atoms. The Hall–Kier alpha value is -1.69. The van der Waals surface area contributed by atoms with Crippen LogP contribution in [0.25, 0.3) is 10.2 Å². The Balaban J connectivity index is 2.06. The fraction of sp³-hybridized carbons (Fsp3) is 0.588. The molecule has 0 atom stereocenters. The van der Waals surface area contributed by atoms with Gasteiger partial charge in [0.1, 0.15) is 17.0 Å². The van der Waals surface area contributed by atoms with Crippen LogP contribution in [0.4, 0.5) is 5.82 Å². The third kappa shape index (κ3) is 2.92. The number of aromatic nitrogens is 2. The number of hydrogen-bond donors (Lipinski definition) is 0. The van der Waals surface area contributed by atoms with E-state index in [4.69, 9.17) is 0 Å². The molecule has 23 heavy (non-hydrogen) atoms. The second kappa shape index (κ2) is 6.83. The van der Waals surface area contributed by atoms with E-state index in [9.17, 15) is 4.79 Å². The predicted molar refractivity (Wildman–Crippen MR) is 95.5 cm³/mol. The number of anilines is 1. The van der Waals surface area contributed by atoms with Crippen LogP contribution in [0.5, 0.6) is 0 Å². The van der Waals surface area contributed by atoms with E-state index in [1.807, 2.05) is 25.7 Å². The molecule has 124 valence electrons. The average molecular weight is 332 g/mol. The van der Waals surface area contributed by atoms with Crippen molar-refractivity contribution in [1.29, 1.82) is 0 Å². The Morgan fingerprint density at radius 1 is 1.22 bits per heavy atom. The summed E-state index contributed by atoms with van der Waals surface area (Å²) in [4.78, 5) is 27.7. The third-order valence-corrected chi connectivity index (χ3v) is 5.80. The molecule has 6 heteroatoms. The van der Waals surface area contributed by atoms with E-state index in [0.29, 0.717) is 0 Å². The molecule has 0 saturated carbocycles. The molecule has 0 aromatic carbocycles. The molecule has 1 aliphatic rings. The molecule has 0 spiro atoms. The van der Waals surface area contributed by atoms with Crippen LogP contribution in [0.1, 0.15) is 48.3 Å². The summed E-state index contributed by atoms with van der Waals surface area (Å²) >= 11 is 1.50. The molecule has 2 aromatic heterocycles. The lowest BCUT2D eigenvalue weighted by molar-refractivity contribution is 0.0777. The number of aryl methyl sites for hydroxylation is 1. The quantitative estimate of drug-likeness (QED) is 0.860. The van der Waals surface area contributed by atoms with Crippen molar-refractivity contribution in [1.82, 2.24) is 14.9 Å². The van der Waals surface area contributed by atoms with Gasteiger partial charge in [-0.3, -0.25) is 4.79 Å². The minimum absolute atomic E-state index is 0.111. The van der Waals surface area contributed by atoms with E-state index in [-0.39, 0.29) is 5.91 Å². The van der Waals surface area contributed by atoms with E-state index in [1.54, 1.807) is 6.33 Å². The minimum Gasteiger partial charge on any atom is -0.356 e. The summed E-state index contributed by atoms with van der Waals surface area (Å²) < 4.78 is 0. The first-order chi connectivity index (χ1) is 11.2. The Morgan fingerprint density at radius 2 is 1.91 bits per heavy atom. The van der Waals surface area contributed by atoms with Gasteiger partial charge in [-0.1, -0.05) is 0 Å². The average Bonchev–Trinajstić information content (AvgIpc) is 2.94. The lowest BCUT2D eigenvalue weighted by Gasteiger charge is -2.28. The number of fused-ring (bicyclic) bond motifs is 1. The molecule has 5 nitrogen and oxygen atoms in total. The maximum Gasteiger partial charge on any atom is 0.264 e. The predicted octanol–water partition coefficient (Wildman–Crippen LogP) is 3.47. The number of carbonyl (C=O) groups excluding carboxylic acids is 1. The van der Waals surface area contributed by atoms with Gasteiger partial charge in [0.2, 0.25) is 0 Å². The van der Waals surface area contributed by atoms with Crippen molar-refractivity contribution in [3.05, 3.63) is 16.8 Å². The fourth-order valence-corrected chi connectivity index (χ4v) is 4.37. The van der Waals surface area contributed by atoms with Crippen molar-refractivity contribution in [3.8, 4) is 0 Å². The van der Waals surface area contributed by atoms with E-state index in [0.717, 1.165) is 52.7 Å². The van der Waals surface area contributed by atoms with Crippen LogP contribution in [0.15, 0.2) is 6.33 Å². The van der Waals surface area contributed by atoms with Gasteiger partial charge in [-0.15, -0.1) is 11.3 Å². The molecular weight excluding hydrogens is 308 g/mol. The van der Waals surface area contributed by atoms with Gasteiger partial charge in [0.05, 0.1) is 10.3 Å². The molecular formula is C17H24N4OS. The number of hydrogen-bond acceptors (Lipinski definition) is 5. The molecule has 1 saturated heterocycles. The van der Waals surface area contributed by atoms with Gasteiger partial charge in [0, 0.05) is 26.2 Å². The molecule has 0 unspecified atom stereocenters. The van der Waals surface area contributed by atoms with Crippen LogP contribution in [0, 0.1) is 6.92 Å². The number of amides is 1. The van der Waals surface area contributed by atoms with Gasteiger partial charge in [0.15, 0.2) is 0 Å². The summed E-state index contributed by atoms with van der Waals surface area (Å²) in [7, 11) is 0. The largest absolute Gasteiger partial charge is 0.356 e. The zero-order valence-corrected chi connectivity index (χ0v) is 14.9. The second-order valence-corrected chi connectivity index (χ2v) is 6.96. The van der Waals surface area contributed by atoms with Crippen molar-refractivity contribution in [2.75, 3.05) is 31.1 Å². The first-order valence-corrected chi connectivity index (χ1v) is 9.27. The molecule has 2 aromatic rings. The standard InChI is InChI=1S/C17H24N4OS/c1-4-20(5-2)17(22)14-12(3)13-15(18-11-19-16(13)23-14)21-9-7-6-8-10-21/h11H,4-10H2,1-3H3. The second-order valence-electron chi connectivity index (χ2n) is 5.96. The highest BCUT2D eigenvalue weighted by Crippen LogP contribution is 2.36. The summed E-state index contributed by atoms with van der Waals surface area (Å²) in [6.45, 7) is 9.61. The fourth-order valence-electron chi connectivity index (χ4n) is 3.26. The monoisotopic (exact) mass is 332 g/mol. The SMILES string of the molecule is CCN(CC)C(=O)c1sc2ncnc(N3CCCCC3)c2c1C. The molecule has 3 heterocycles. The normalized spacial score (nSPS) is 15.2. The summed E-state index contributed by atoms with van der Waals surface area (Å²) in [5.74, 6) is 1.11. The molecule has 3 rings (SSSR count). The summed E-state index contributed by atoms with van der Waals surface area (Å²) in [5.41, 5.74) is 1.03. The molecule has 1 amide bonds. The minimum atomic E-state index is 0.111. The lowest BCUT2D eigenvalue weighted by Crippen LogP contribution is -2.31. The summed E-state index contributed by atoms with van der Waals surface area (Å²) in [5, 5.41) is 1.06. The maximum atomic E-state index is 12.8. The van der Waals surface area contributed by atoms with Crippen LogP contribution >= 0.6 is 11.3 Å². The van der Waals surface area contributed by atoms with Crippen molar-refractivity contribution >= 4 is 33.3 Å². The van der Waals surface area contributed by atoms with Crippen LogP contribution in [-0.2, 0) is 0 Å². The van der Waals surface area contributed by atoms with Gasteiger partial charge in [0.25, 0.3) is 5.91 Å². The Kier molecular flexibility index (Phi) is 4.80. The highest BCUT2D eigenvalue weighted by atomic mass is 32.1. The number of rotatable bonds is 4. The van der Waals surface area contributed by atoms with E-state index < -0.39 is 0 Å². The van der Waals surface area contributed by atoms with Gasteiger partial charge in [-0.2, -0.15) is 0 Å². The van der Waals surface area contributed by atoms with Gasteiger partial charge >= 0.3 is 0 Å². The first-order valence-electron chi connectivity index (χ1n) is 8.45. The molecule has 1 fully saturated rings. The number of nitrogens with zero attached hydrogens (tertiary/aromatic N) is 4. The highest BCUT2D eigenvalue weighted by molar-refractivity contribution is 7.20. The van der Waals surface area contributed by atoms with Crippen LogP contribution in [0.3, 0.4) is 0 Å². The summed E-state index contributed by atoms with van der Waals surface area (Å²) in [6.07, 6.45) is 5.34. The topological polar surface area (TPSA) is 49.3 Å². The van der Waals surface area contributed by atoms with Crippen molar-refractivity contribution < 1.29 is 4.79 Å². The third-order valence-electron chi connectivity index (χ3n) is 4.61. The van der Waals surface area contributed by atoms with E-state index in [2.05, 4.69) is 14.9 Å². The van der Waals surface area contributed by atoms with Crippen LogP contribution in [0.2, 0.25) is 0 Å². The number of piperidine rings is 1. The van der Waals surface area contributed by atoms with Gasteiger partial charge < -0.3 is 9.80 Å². The molecule has 0 N–H and O–H groups in total. The Morgan fingerprint density at radius 3 is 2.57 bits per heavy atom. The van der Waals surface area contributed by atoms with Crippen LogP contribution < -0.4 is 4.90 Å². The first kappa shape index (κ1) is 16.2. The molecule has 1 aliphatic heterocycles. The van der Waals surface area contributed by atoms with Crippen molar-refractivity contribution in [2.24, 2.45) is 0 Å². The Bertz CT molecular complexity index is 702. The number of carbonyl (C=O) groups is 1. The Labute approximate surface area is 141 Å². The van der Waals surface area contributed by atoms with Gasteiger partial charge in [-0.25, -0.2) is 9.97 Å². The van der Waals surface area contributed by atoms with Crippen molar-refractivity contribution in [2.45, 2.75) is 40.0 Å².